The Morgan fingerprint density at radius 2 is 2.00 bits per heavy atom. The van der Waals surface area contributed by atoms with Crippen molar-refractivity contribution in [3.63, 3.8) is 0 Å². The number of hydrogen-bond donors (Lipinski definition) is 1. The molecule has 1 aromatic carbocycles. The van der Waals surface area contributed by atoms with Gasteiger partial charge in [-0.3, -0.25) is 4.79 Å². The SMILES string of the molecule is Cc1ccccc1/C=C/c1nc2sc3c(c2c(=O)[nH]1)CCCC3. The number of aryl methyl sites for hydroxylation is 3. The largest absolute Gasteiger partial charge is 0.306 e. The third-order valence-electron chi connectivity index (χ3n) is 4.45. The van der Waals surface area contributed by atoms with Crippen molar-refractivity contribution < 1.29 is 0 Å². The summed E-state index contributed by atoms with van der Waals surface area (Å²) in [6, 6.07) is 8.17. The van der Waals surface area contributed by atoms with E-state index in [1.54, 1.807) is 11.3 Å². The molecule has 3 nitrogen and oxygen atoms in total. The van der Waals surface area contributed by atoms with E-state index in [1.165, 1.54) is 28.8 Å². The number of fused-ring (bicyclic) bond motifs is 3. The number of hydrogen-bond acceptors (Lipinski definition) is 3. The van der Waals surface area contributed by atoms with Gasteiger partial charge in [0.25, 0.3) is 5.56 Å². The Bertz CT molecular complexity index is 965. The number of H-pyrrole nitrogens is 1. The maximum atomic E-state index is 12.5. The van der Waals surface area contributed by atoms with Gasteiger partial charge in [0.05, 0.1) is 5.39 Å². The Balaban J connectivity index is 1.77. The predicted octanol–water partition coefficient (Wildman–Crippen LogP) is 4.34. The second-order valence-corrected chi connectivity index (χ2v) is 7.12. The van der Waals surface area contributed by atoms with Crippen LogP contribution in [0.1, 0.15) is 40.2 Å². The number of thiophene rings is 1. The van der Waals surface area contributed by atoms with Crippen LogP contribution in [0, 0.1) is 6.92 Å². The van der Waals surface area contributed by atoms with Crippen LogP contribution in [0.4, 0.5) is 0 Å². The fourth-order valence-corrected chi connectivity index (χ4v) is 4.47. The molecular weight excluding hydrogens is 304 g/mol. The number of aromatic amines is 1. The van der Waals surface area contributed by atoms with Crippen molar-refractivity contribution in [2.24, 2.45) is 0 Å². The highest BCUT2D eigenvalue weighted by atomic mass is 32.1. The van der Waals surface area contributed by atoms with Gasteiger partial charge in [-0.05, 0) is 55.4 Å². The molecule has 3 aromatic rings. The molecule has 1 aliphatic rings. The highest BCUT2D eigenvalue weighted by Crippen LogP contribution is 2.33. The average molecular weight is 322 g/mol. The number of nitrogens with one attached hydrogen (secondary N) is 1. The first-order valence-electron chi connectivity index (χ1n) is 8.00. The molecule has 0 radical (unpaired) electrons. The first-order valence-corrected chi connectivity index (χ1v) is 8.82. The molecule has 4 heteroatoms. The van der Waals surface area contributed by atoms with E-state index in [2.05, 4.69) is 29.0 Å². The molecule has 0 bridgehead atoms. The van der Waals surface area contributed by atoms with Crippen molar-refractivity contribution in [3.05, 3.63) is 62.0 Å². The van der Waals surface area contributed by atoms with Crippen molar-refractivity contribution in [2.75, 3.05) is 0 Å². The quantitative estimate of drug-likeness (QED) is 0.763. The first-order chi connectivity index (χ1) is 11.2. The molecule has 4 rings (SSSR count). The minimum atomic E-state index is -0.00108. The predicted molar refractivity (Wildman–Crippen MR) is 97.0 cm³/mol. The summed E-state index contributed by atoms with van der Waals surface area (Å²) >= 11 is 1.69. The molecule has 0 spiro atoms. The molecule has 0 aliphatic heterocycles. The second-order valence-electron chi connectivity index (χ2n) is 6.03. The summed E-state index contributed by atoms with van der Waals surface area (Å²) in [4.78, 5) is 22.3. The van der Waals surface area contributed by atoms with Crippen LogP contribution >= 0.6 is 11.3 Å². The zero-order valence-electron chi connectivity index (χ0n) is 13.1. The third-order valence-corrected chi connectivity index (χ3v) is 5.64. The van der Waals surface area contributed by atoms with Gasteiger partial charge in [-0.15, -0.1) is 11.3 Å². The molecule has 2 aromatic heterocycles. The van der Waals surface area contributed by atoms with Crippen molar-refractivity contribution in [3.8, 4) is 0 Å². The van der Waals surface area contributed by atoms with Crippen molar-refractivity contribution in [1.29, 1.82) is 0 Å². The Morgan fingerprint density at radius 3 is 2.87 bits per heavy atom. The molecule has 1 aliphatic carbocycles. The van der Waals surface area contributed by atoms with Crippen LogP contribution in [-0.2, 0) is 12.8 Å². The fraction of sp³-hybridized carbons (Fsp3) is 0.263. The molecule has 0 saturated heterocycles. The third kappa shape index (κ3) is 2.63. The monoisotopic (exact) mass is 322 g/mol. The summed E-state index contributed by atoms with van der Waals surface area (Å²) in [5.74, 6) is 0.629. The van der Waals surface area contributed by atoms with E-state index >= 15 is 0 Å². The molecule has 0 amide bonds. The van der Waals surface area contributed by atoms with Crippen LogP contribution in [-0.4, -0.2) is 9.97 Å². The molecular formula is C19H18N2OS. The minimum absolute atomic E-state index is 0.00108. The van der Waals surface area contributed by atoms with Crippen molar-refractivity contribution >= 4 is 33.7 Å². The van der Waals surface area contributed by atoms with Crippen molar-refractivity contribution in [1.82, 2.24) is 9.97 Å². The smallest absolute Gasteiger partial charge is 0.260 e. The lowest BCUT2D eigenvalue weighted by Crippen LogP contribution is -2.11. The zero-order valence-corrected chi connectivity index (χ0v) is 13.9. The minimum Gasteiger partial charge on any atom is -0.306 e. The summed E-state index contributed by atoms with van der Waals surface area (Å²) < 4.78 is 0. The molecule has 2 heterocycles. The first kappa shape index (κ1) is 14.4. The van der Waals surface area contributed by atoms with Gasteiger partial charge in [-0.2, -0.15) is 0 Å². The number of rotatable bonds is 2. The van der Waals surface area contributed by atoms with E-state index < -0.39 is 0 Å². The zero-order chi connectivity index (χ0) is 15.8. The Labute approximate surface area is 138 Å². The summed E-state index contributed by atoms with van der Waals surface area (Å²) in [5, 5.41) is 0.817. The number of nitrogens with zero attached hydrogens (tertiary/aromatic N) is 1. The maximum absolute atomic E-state index is 12.5. The van der Waals surface area contributed by atoms with Gasteiger partial charge >= 0.3 is 0 Å². The van der Waals surface area contributed by atoms with Gasteiger partial charge in [0.1, 0.15) is 10.7 Å². The molecule has 0 fully saturated rings. The van der Waals surface area contributed by atoms with Gasteiger partial charge in [0.2, 0.25) is 0 Å². The van der Waals surface area contributed by atoms with Gasteiger partial charge in [-0.1, -0.05) is 30.3 Å². The molecule has 0 atom stereocenters. The standard InChI is InChI=1S/C19H18N2OS/c1-12-6-2-3-7-13(12)10-11-16-20-18(22)17-14-8-4-5-9-15(14)23-19(17)21-16/h2-3,6-7,10-11H,4-5,8-9H2,1H3,(H,20,21,22)/b11-10+. The molecule has 116 valence electrons. The lowest BCUT2D eigenvalue weighted by molar-refractivity contribution is 0.700. The van der Waals surface area contributed by atoms with Gasteiger partial charge in [-0.25, -0.2) is 4.98 Å². The molecule has 0 saturated carbocycles. The van der Waals surface area contributed by atoms with Gasteiger partial charge < -0.3 is 4.98 Å². The summed E-state index contributed by atoms with van der Waals surface area (Å²) in [5.41, 5.74) is 3.58. The highest BCUT2D eigenvalue weighted by Gasteiger charge is 2.19. The van der Waals surface area contributed by atoms with Gasteiger partial charge in [0.15, 0.2) is 0 Å². The topological polar surface area (TPSA) is 45.8 Å². The van der Waals surface area contributed by atoms with Crippen LogP contribution < -0.4 is 5.56 Å². The Kier molecular flexibility index (Phi) is 3.62. The van der Waals surface area contributed by atoms with E-state index in [9.17, 15) is 4.79 Å². The van der Waals surface area contributed by atoms with Crippen LogP contribution in [0.5, 0.6) is 0 Å². The maximum Gasteiger partial charge on any atom is 0.260 e. The van der Waals surface area contributed by atoms with E-state index in [1.807, 2.05) is 24.3 Å². The normalized spacial score (nSPS) is 14.5. The van der Waals surface area contributed by atoms with Crippen LogP contribution in [0.15, 0.2) is 29.1 Å². The van der Waals surface area contributed by atoms with Gasteiger partial charge in [0, 0.05) is 4.88 Å². The Hall–Kier alpha value is -2.20. The van der Waals surface area contributed by atoms with Crippen molar-refractivity contribution in [2.45, 2.75) is 32.6 Å². The van der Waals surface area contributed by atoms with E-state index in [-0.39, 0.29) is 5.56 Å². The number of benzene rings is 1. The van der Waals surface area contributed by atoms with E-state index in [0.29, 0.717) is 5.82 Å². The number of aromatic nitrogens is 2. The fourth-order valence-electron chi connectivity index (χ4n) is 3.20. The van der Waals surface area contributed by atoms with E-state index in [4.69, 9.17) is 0 Å². The van der Waals surface area contributed by atoms with E-state index in [0.717, 1.165) is 28.6 Å². The lowest BCUT2D eigenvalue weighted by Gasteiger charge is -2.09. The van der Waals surface area contributed by atoms with Crippen LogP contribution in [0.25, 0.3) is 22.4 Å². The second kappa shape index (κ2) is 5.78. The Morgan fingerprint density at radius 1 is 1.17 bits per heavy atom. The molecule has 23 heavy (non-hydrogen) atoms. The van der Waals surface area contributed by atoms with Crippen LogP contribution in [0.2, 0.25) is 0 Å². The summed E-state index contributed by atoms with van der Waals surface area (Å²) in [7, 11) is 0. The molecule has 0 unspecified atom stereocenters. The lowest BCUT2D eigenvalue weighted by atomic mass is 9.97. The highest BCUT2D eigenvalue weighted by molar-refractivity contribution is 7.18. The average Bonchev–Trinajstić information content (AvgIpc) is 2.93. The molecule has 1 N–H and O–H groups in total. The van der Waals surface area contributed by atoms with Crippen LogP contribution in [0.3, 0.4) is 0 Å². The summed E-state index contributed by atoms with van der Waals surface area (Å²) in [6.07, 6.45) is 8.39. The summed E-state index contributed by atoms with van der Waals surface area (Å²) in [6.45, 7) is 2.08.